The van der Waals surface area contributed by atoms with Crippen molar-refractivity contribution in [3.05, 3.63) is 51.4 Å². The number of nitrogens with zero attached hydrogens (tertiary/aromatic N) is 2. The lowest BCUT2D eigenvalue weighted by Gasteiger charge is -1.97. The minimum Gasteiger partial charge on any atom is -0.368 e. The topological polar surface area (TPSA) is 100 Å². The number of hydrogen-bond acceptors (Lipinski definition) is 3. The molecule has 1 aliphatic rings. The number of rotatable bonds is 1. The number of aromatic amines is 1. The Labute approximate surface area is 114 Å². The summed E-state index contributed by atoms with van der Waals surface area (Å²) in [4.78, 5) is 16.5. The number of nitrogen functional groups attached to an aromatic ring is 1. The second kappa shape index (κ2) is 4.34. The highest BCUT2D eigenvalue weighted by atomic mass is 16.1. The summed E-state index contributed by atoms with van der Waals surface area (Å²) >= 11 is 0. The molecule has 20 heavy (non-hydrogen) atoms. The molecule has 0 amide bonds. The minimum atomic E-state index is -0.333. The van der Waals surface area contributed by atoms with Gasteiger partial charge < -0.3 is 5.73 Å². The van der Waals surface area contributed by atoms with E-state index in [1.807, 2.05) is 24.3 Å². The van der Waals surface area contributed by atoms with Crippen molar-refractivity contribution >= 4 is 29.5 Å². The van der Waals surface area contributed by atoms with Gasteiger partial charge in [-0.25, -0.2) is 0 Å². The molecule has 0 aliphatic carbocycles. The molecule has 0 spiro atoms. The Bertz CT molecular complexity index is 822. The molecule has 2 heterocycles. The maximum atomic E-state index is 12.2. The summed E-state index contributed by atoms with van der Waals surface area (Å²) in [7, 11) is 0. The molecule has 6 heteroatoms. The van der Waals surface area contributed by atoms with E-state index in [1.54, 1.807) is 19.2 Å². The molecule has 0 saturated carbocycles. The lowest BCUT2D eigenvalue weighted by Crippen LogP contribution is -2.31. The monoisotopic (exact) mass is 267 g/mol. The Morgan fingerprint density at radius 3 is 2.90 bits per heavy atom. The average molecular weight is 267 g/mol. The van der Waals surface area contributed by atoms with Crippen LogP contribution in [0.25, 0.3) is 11.6 Å². The largest absolute Gasteiger partial charge is 0.368 e. The van der Waals surface area contributed by atoms with Crippen LogP contribution in [0.4, 0.5) is 5.69 Å². The highest BCUT2D eigenvalue weighted by Crippen LogP contribution is 2.31. The molecule has 0 radical (unpaired) electrons. The van der Waals surface area contributed by atoms with E-state index in [2.05, 4.69) is 10.1 Å². The summed E-state index contributed by atoms with van der Waals surface area (Å²) in [6, 6.07) is 7.73. The highest BCUT2D eigenvalue weighted by molar-refractivity contribution is 6.21. The first-order chi connectivity index (χ1) is 9.58. The van der Waals surface area contributed by atoms with Gasteiger partial charge in [0.15, 0.2) is 0 Å². The molecule has 3 rings (SSSR count). The number of nitrogens with one attached hydrogen (secondary N) is 2. The summed E-state index contributed by atoms with van der Waals surface area (Å²) in [6.07, 6.45) is 3.50. The molecule has 0 fully saturated rings. The fourth-order valence-electron chi connectivity index (χ4n) is 2.21. The Kier molecular flexibility index (Phi) is 2.64. The molecule has 4 N–H and O–H groups in total. The van der Waals surface area contributed by atoms with Crippen molar-refractivity contribution in [1.29, 1.82) is 5.41 Å². The smallest absolute Gasteiger partial charge is 0.281 e. The van der Waals surface area contributed by atoms with Gasteiger partial charge in [0, 0.05) is 23.0 Å². The highest BCUT2D eigenvalue weighted by Gasteiger charge is 2.15. The van der Waals surface area contributed by atoms with Gasteiger partial charge in [-0.2, -0.15) is 4.68 Å². The van der Waals surface area contributed by atoms with Crippen LogP contribution >= 0.6 is 0 Å². The summed E-state index contributed by atoms with van der Waals surface area (Å²) in [6.45, 7) is 1.77. The van der Waals surface area contributed by atoms with Crippen molar-refractivity contribution in [2.24, 2.45) is 10.7 Å². The van der Waals surface area contributed by atoms with E-state index in [0.717, 1.165) is 21.5 Å². The van der Waals surface area contributed by atoms with Gasteiger partial charge in [-0.05, 0) is 19.1 Å². The quantitative estimate of drug-likeness (QED) is 0.538. The fraction of sp³-hybridized carbons (Fsp3) is 0.0714. The van der Waals surface area contributed by atoms with E-state index in [4.69, 9.17) is 11.1 Å². The lowest BCUT2D eigenvalue weighted by molar-refractivity contribution is 0.865. The third-order valence-corrected chi connectivity index (χ3v) is 3.22. The molecule has 0 atom stereocenters. The number of para-hydroxylation sites is 1. The lowest BCUT2D eigenvalue weighted by atomic mass is 10.0. The predicted octanol–water partition coefficient (Wildman–Crippen LogP) is 1.48. The number of aryl methyl sites for hydroxylation is 1. The van der Waals surface area contributed by atoms with Gasteiger partial charge in [-0.15, -0.1) is 0 Å². The molecular weight excluding hydrogens is 254 g/mol. The normalized spacial score (nSPS) is 14.8. The number of benzene rings is 1. The van der Waals surface area contributed by atoms with Crippen molar-refractivity contribution < 1.29 is 0 Å². The zero-order chi connectivity index (χ0) is 14.3. The Morgan fingerprint density at radius 2 is 2.20 bits per heavy atom. The van der Waals surface area contributed by atoms with Gasteiger partial charge in [0.1, 0.15) is 0 Å². The van der Waals surface area contributed by atoms with Crippen molar-refractivity contribution in [1.82, 2.24) is 9.78 Å². The Morgan fingerprint density at radius 1 is 1.45 bits per heavy atom. The molecule has 1 aromatic heterocycles. The van der Waals surface area contributed by atoms with Crippen molar-refractivity contribution in [3.63, 3.8) is 0 Å². The first kappa shape index (κ1) is 12.2. The van der Waals surface area contributed by atoms with Crippen molar-refractivity contribution in [2.45, 2.75) is 6.92 Å². The first-order valence-electron chi connectivity index (χ1n) is 6.09. The van der Waals surface area contributed by atoms with Gasteiger partial charge in [0.05, 0.1) is 11.3 Å². The van der Waals surface area contributed by atoms with E-state index in [1.165, 1.54) is 0 Å². The minimum absolute atomic E-state index is 0.330. The molecule has 0 saturated heterocycles. The van der Waals surface area contributed by atoms with Crippen LogP contribution in [0, 0.1) is 12.3 Å². The number of H-pyrrole nitrogens is 1. The van der Waals surface area contributed by atoms with Crippen LogP contribution < -0.4 is 11.3 Å². The number of aromatic nitrogens is 2. The van der Waals surface area contributed by atoms with Crippen LogP contribution in [0.3, 0.4) is 0 Å². The molecule has 0 unspecified atom stereocenters. The molecule has 6 nitrogen and oxygen atoms in total. The van der Waals surface area contributed by atoms with Crippen LogP contribution in [-0.2, 0) is 0 Å². The number of allylic oxidation sites excluding steroid dienone is 1. The van der Waals surface area contributed by atoms with Gasteiger partial charge >= 0.3 is 0 Å². The van der Waals surface area contributed by atoms with Crippen LogP contribution in [0.5, 0.6) is 0 Å². The maximum Gasteiger partial charge on any atom is 0.281 e. The standard InChI is InChI=1S/C14H13N5O/c1-8-11(13(20)19(18-8)14(15)16)6-9-7-17-12-5-3-2-4-10(9)12/h2-7,18H,1H3,(H3,15,16)/b9-6+. The Balaban J connectivity index is 2.14. The van der Waals surface area contributed by atoms with Gasteiger partial charge in [0.2, 0.25) is 5.96 Å². The number of hydrogen-bond donors (Lipinski definition) is 3. The molecular formula is C14H13N5O. The van der Waals surface area contributed by atoms with Crippen LogP contribution in [0.15, 0.2) is 34.1 Å². The van der Waals surface area contributed by atoms with E-state index in [9.17, 15) is 4.79 Å². The number of nitrogens with two attached hydrogens (primary N) is 1. The van der Waals surface area contributed by atoms with E-state index >= 15 is 0 Å². The van der Waals surface area contributed by atoms with Gasteiger partial charge in [-0.1, -0.05) is 18.2 Å². The first-order valence-corrected chi connectivity index (χ1v) is 6.09. The van der Waals surface area contributed by atoms with E-state index in [-0.39, 0.29) is 11.5 Å². The summed E-state index contributed by atoms with van der Waals surface area (Å²) < 4.78 is 1.01. The van der Waals surface area contributed by atoms with Crippen LogP contribution in [0.2, 0.25) is 0 Å². The third-order valence-electron chi connectivity index (χ3n) is 3.22. The fourth-order valence-corrected chi connectivity index (χ4v) is 2.21. The van der Waals surface area contributed by atoms with E-state index < -0.39 is 0 Å². The molecule has 2 aromatic rings. The average Bonchev–Trinajstić information content (AvgIpc) is 2.95. The molecule has 1 aromatic carbocycles. The molecule has 0 bridgehead atoms. The predicted molar refractivity (Wildman–Crippen MR) is 79.6 cm³/mol. The third kappa shape index (κ3) is 1.78. The summed E-state index contributed by atoms with van der Waals surface area (Å²) in [5.41, 5.74) is 8.91. The van der Waals surface area contributed by atoms with Crippen LogP contribution in [-0.4, -0.2) is 22.0 Å². The van der Waals surface area contributed by atoms with Crippen molar-refractivity contribution in [2.75, 3.05) is 0 Å². The van der Waals surface area contributed by atoms with E-state index in [0.29, 0.717) is 11.3 Å². The summed E-state index contributed by atoms with van der Waals surface area (Å²) in [5.74, 6) is -0.330. The summed E-state index contributed by atoms with van der Waals surface area (Å²) in [5, 5.41) is 10.1. The van der Waals surface area contributed by atoms with Gasteiger partial charge in [0.25, 0.3) is 5.56 Å². The molecule has 1 aliphatic heterocycles. The maximum absolute atomic E-state index is 12.2. The second-order valence-corrected chi connectivity index (χ2v) is 4.55. The zero-order valence-electron chi connectivity index (χ0n) is 10.8. The second-order valence-electron chi connectivity index (χ2n) is 4.55. The molecule has 100 valence electrons. The SMILES string of the molecule is Cc1[nH]n(C(=N)N)c(=O)c1/C=C1\C=Nc2ccccc21. The zero-order valence-corrected chi connectivity index (χ0v) is 10.8. The van der Waals surface area contributed by atoms with Gasteiger partial charge in [-0.3, -0.25) is 20.3 Å². The van der Waals surface area contributed by atoms with Crippen molar-refractivity contribution in [3.8, 4) is 0 Å². The Hall–Kier alpha value is -2.89. The van der Waals surface area contributed by atoms with Crippen LogP contribution in [0.1, 0.15) is 16.8 Å². The number of aliphatic imine (C=N–C) groups is 1. The number of fused-ring (bicyclic) bond motifs is 1.